The molecule has 0 aliphatic carbocycles. The minimum Gasteiger partial charge on any atom is -0.512 e. The summed E-state index contributed by atoms with van der Waals surface area (Å²) in [5.74, 6) is 5.87. The number of aryl methyl sites for hydroxylation is 2. The fourth-order valence-electron chi connectivity index (χ4n) is 13.3. The highest BCUT2D eigenvalue weighted by molar-refractivity contribution is 6.67. The van der Waals surface area contributed by atoms with E-state index in [1.165, 1.54) is 6.07 Å². The van der Waals surface area contributed by atoms with Crippen LogP contribution in [-0.2, 0) is 38.5 Å². The van der Waals surface area contributed by atoms with Gasteiger partial charge in [0.15, 0.2) is 0 Å². The van der Waals surface area contributed by atoms with Gasteiger partial charge in [0.05, 0.1) is 0 Å². The van der Waals surface area contributed by atoms with Crippen LogP contribution in [0.25, 0.3) is 0 Å². The monoisotopic (exact) mass is 1320 g/mol. The third-order valence-electron chi connectivity index (χ3n) is 18.1. The average Bonchev–Trinajstić information content (AvgIpc) is 0.753. The van der Waals surface area contributed by atoms with Gasteiger partial charge in [-0.25, -0.2) is 0 Å². The van der Waals surface area contributed by atoms with Gasteiger partial charge in [0.25, 0.3) is 0 Å². The molecule has 92 heavy (non-hydrogen) atoms. The Morgan fingerprint density at radius 3 is 1.01 bits per heavy atom. The van der Waals surface area contributed by atoms with Crippen molar-refractivity contribution in [2.75, 3.05) is 0 Å². The van der Waals surface area contributed by atoms with Crippen molar-refractivity contribution in [2.45, 2.75) is 160 Å². The van der Waals surface area contributed by atoms with Crippen LogP contribution >= 0.6 is 0 Å². The molecule has 484 valence electrons. The molecule has 0 atom stereocenters. The van der Waals surface area contributed by atoms with Crippen LogP contribution in [0.4, 0.5) is 0 Å². The summed E-state index contributed by atoms with van der Waals surface area (Å²) in [5, 5.41) is 84.4. The minimum absolute atomic E-state index is 0.00203. The van der Waals surface area contributed by atoms with Crippen molar-refractivity contribution in [3.8, 4) is 92.0 Å². The largest absolute Gasteiger partial charge is 0.512 e. The molecule has 7 aliphatic heterocycles. The second-order valence-corrected chi connectivity index (χ2v) is 40.0. The van der Waals surface area contributed by atoms with Gasteiger partial charge in [-0.2, -0.15) is 0 Å². The molecule has 8 aromatic carbocycles. The number of benzene rings is 8. The van der Waals surface area contributed by atoms with Crippen LogP contribution in [0.3, 0.4) is 0 Å². The van der Waals surface area contributed by atoms with E-state index in [0.29, 0.717) is 69.3 Å². The van der Waals surface area contributed by atoms with Crippen molar-refractivity contribution < 1.29 is 76.3 Å². The topological polar surface area (TPSA) is 236 Å². The lowest BCUT2D eigenvalue weighted by molar-refractivity contribution is 0.365. The molecule has 0 amide bonds. The highest BCUT2D eigenvalue weighted by Crippen LogP contribution is 2.51. The number of phenolic OH excluding ortho intramolecular Hbond substituents is 8. The molecule has 7 aliphatic rings. The van der Waals surface area contributed by atoms with Gasteiger partial charge in [0, 0.05) is 135 Å². The summed E-state index contributed by atoms with van der Waals surface area (Å²) >= 11 is 0. The third-order valence-corrected chi connectivity index (χ3v) is 23.6. The molecule has 0 aromatic heterocycles. The molecule has 0 saturated heterocycles. The van der Waals surface area contributed by atoms with E-state index >= 15 is 0 Å². The molecule has 8 aromatic rings. The number of aromatic hydroxyl groups is 8. The molecule has 7 heterocycles. The van der Waals surface area contributed by atoms with Crippen LogP contribution in [0.15, 0.2) is 60.7 Å². The molecule has 0 spiro atoms. The SMILES string of the molecule is Cc1cc(Cc2cc(Cc3cc(Cc4ccc(O)c(C)c4O)c(O)c(C)c3O)c(O)c(C)c2O)c(O)c(C)c1O.Cc1cc2c3c(C)c1O[Si](C)(C)Oc1ccc4c(c1C)O[Si](C)(C)Oc1c(cc5c(c1C)O[Si](C)(C)Oc1c(cc(c(c1C)O[Si](C)(C)O3)C2)C5)C4. The zero-order valence-corrected chi connectivity index (χ0v) is 59.9. The summed E-state index contributed by atoms with van der Waals surface area (Å²) in [4.78, 5) is 0. The normalized spacial score (nSPS) is 15.8. The summed E-state index contributed by atoms with van der Waals surface area (Å²) in [6.07, 6.45) is 2.24. The van der Waals surface area contributed by atoms with Gasteiger partial charge in [-0.1, -0.05) is 12.1 Å². The van der Waals surface area contributed by atoms with E-state index in [1.807, 2.05) is 0 Å². The lowest BCUT2D eigenvalue weighted by Gasteiger charge is -2.37. The van der Waals surface area contributed by atoms with E-state index < -0.39 is 34.2 Å². The molecule has 15 rings (SSSR count). The van der Waals surface area contributed by atoms with Gasteiger partial charge in [-0.3, -0.25) is 0 Å². The van der Waals surface area contributed by atoms with E-state index in [4.69, 9.17) is 35.4 Å². The summed E-state index contributed by atoms with van der Waals surface area (Å²) in [5.41, 5.74) is 16.0. The van der Waals surface area contributed by atoms with Gasteiger partial charge >= 0.3 is 34.2 Å². The number of phenols is 8. The molecule has 10 bridgehead atoms. The van der Waals surface area contributed by atoms with Crippen LogP contribution in [0, 0.1) is 69.2 Å². The molecule has 8 N–H and O–H groups in total. The Labute approximate surface area is 542 Å². The van der Waals surface area contributed by atoms with Crippen LogP contribution in [0.2, 0.25) is 52.4 Å². The minimum atomic E-state index is -2.81. The summed E-state index contributed by atoms with van der Waals surface area (Å²) in [6.45, 7) is 35.3. The Hall–Kier alpha value is -8.57. The maximum Gasteiger partial charge on any atom is 0.454 e. The van der Waals surface area contributed by atoms with Gasteiger partial charge in [0.2, 0.25) is 0 Å². The standard InChI is InChI=1S/C40H50O8Si4.C32H34O8/c1-22-16-28-18-30-20-32-21-31-19-29-17-27-14-15-33-23(2)35(27)43-50(8,9)45-37(29)25(4)39(31)47-52(12,13)48-40(32)26(5)38(30)46-51(10,11)44-36(28)24(3)34(22)42-49(6,7)41-33;1-14-8-20(28(36)16(3)26(14)34)10-22-12-24(32(40)18(5)30(22)38)13-23-11-21(29(37)17(4)31(23)39)9-19-6-7-25(33)15(2)27(19)35/h14-16,19-20H,17-18,21H2,1-13H3;6-8,11-12,33-40H,9-10,13H2,1-5H3. The molecule has 0 saturated carbocycles. The molecule has 0 unspecified atom stereocenters. The lowest BCUT2D eigenvalue weighted by atomic mass is 9.90. The first-order valence-electron chi connectivity index (χ1n) is 31.1. The molecule has 0 radical (unpaired) electrons. The smallest absolute Gasteiger partial charge is 0.454 e. The molecule has 20 heteroatoms. The highest BCUT2D eigenvalue weighted by atomic mass is 28.4. The maximum atomic E-state index is 10.9. The fraction of sp³-hybridized carbons (Fsp3) is 0.333. The third kappa shape index (κ3) is 12.0. The van der Waals surface area contributed by atoms with E-state index in [9.17, 15) is 40.9 Å². The first-order chi connectivity index (χ1) is 42.9. The van der Waals surface area contributed by atoms with Gasteiger partial charge in [-0.05, 0) is 196 Å². The van der Waals surface area contributed by atoms with E-state index in [-0.39, 0.29) is 76.4 Å². The lowest BCUT2D eigenvalue weighted by Crippen LogP contribution is -2.45. The Morgan fingerprint density at radius 1 is 0.272 bits per heavy atom. The van der Waals surface area contributed by atoms with Crippen molar-refractivity contribution in [3.05, 3.63) is 183 Å². The first kappa shape index (κ1) is 64.9. The van der Waals surface area contributed by atoms with Gasteiger partial charge < -0.3 is 76.3 Å². The average molecular weight is 1320 g/mol. The zero-order valence-electron chi connectivity index (χ0n) is 55.9. The number of hydrogen-bond donors (Lipinski definition) is 8. The van der Waals surface area contributed by atoms with Crippen LogP contribution in [-0.4, -0.2) is 75.1 Å². The maximum absolute atomic E-state index is 10.9. The molecular weight excluding hydrogens is 1230 g/mol. The predicted octanol–water partition coefficient (Wildman–Crippen LogP) is 15.5. The van der Waals surface area contributed by atoms with E-state index in [0.717, 1.165) is 107 Å². The van der Waals surface area contributed by atoms with Crippen molar-refractivity contribution in [1.29, 1.82) is 0 Å². The van der Waals surface area contributed by atoms with Crippen molar-refractivity contribution in [3.63, 3.8) is 0 Å². The second kappa shape index (κ2) is 23.2. The van der Waals surface area contributed by atoms with Crippen molar-refractivity contribution in [1.82, 2.24) is 0 Å². The van der Waals surface area contributed by atoms with Crippen molar-refractivity contribution >= 4 is 34.2 Å². The summed E-state index contributed by atoms with van der Waals surface area (Å²) in [7, 11) is -11.1. The zero-order chi connectivity index (χ0) is 66.9. The fourth-order valence-corrected chi connectivity index (χ4v) is 19.7. The number of rotatable bonds is 6. The second-order valence-electron chi connectivity index (χ2n) is 27.2. The Bertz CT molecular complexity index is 4410. The Morgan fingerprint density at radius 2 is 0.587 bits per heavy atom. The Balaban J connectivity index is 0.000000196. The summed E-state index contributed by atoms with van der Waals surface area (Å²) < 4.78 is 55.4. The van der Waals surface area contributed by atoms with E-state index in [2.05, 4.69) is 117 Å². The molecular formula is C72H84O16Si4. The van der Waals surface area contributed by atoms with E-state index in [1.54, 1.807) is 58.9 Å². The van der Waals surface area contributed by atoms with Crippen LogP contribution in [0.5, 0.6) is 92.0 Å². The quantitative estimate of drug-likeness (QED) is 0.0723. The summed E-state index contributed by atoms with van der Waals surface area (Å²) in [6, 6.07) is 18.9. The molecule has 16 nitrogen and oxygen atoms in total. The van der Waals surface area contributed by atoms with Crippen LogP contribution < -0.4 is 35.4 Å². The van der Waals surface area contributed by atoms with Crippen LogP contribution in [0.1, 0.15) is 122 Å². The first-order valence-corrected chi connectivity index (χ1v) is 42.3. The molecule has 0 fully saturated rings. The number of hydrogen-bond acceptors (Lipinski definition) is 16. The Kier molecular flexibility index (Phi) is 16.4. The van der Waals surface area contributed by atoms with Gasteiger partial charge in [-0.15, -0.1) is 0 Å². The van der Waals surface area contributed by atoms with Gasteiger partial charge in [0.1, 0.15) is 92.0 Å². The highest BCUT2D eigenvalue weighted by Gasteiger charge is 2.43. The predicted molar refractivity (Wildman–Crippen MR) is 364 cm³/mol. The van der Waals surface area contributed by atoms with Crippen molar-refractivity contribution in [2.24, 2.45) is 0 Å².